The lowest BCUT2D eigenvalue weighted by molar-refractivity contribution is -0.159. The van der Waals surface area contributed by atoms with E-state index in [2.05, 4.69) is 16.9 Å². The second kappa shape index (κ2) is 9.57. The van der Waals surface area contributed by atoms with Gasteiger partial charge >= 0.3 is 5.97 Å². The number of pyridine rings is 1. The third-order valence-electron chi connectivity index (χ3n) is 5.30. The van der Waals surface area contributed by atoms with E-state index in [1.165, 1.54) is 17.3 Å². The SMILES string of the molecule is C=CCNC(=O)[C@@H](C)OC(=O)C1CCN(S(=O)(=O)c2cccc3cc(C)cnc23)CC1. The van der Waals surface area contributed by atoms with Gasteiger partial charge in [0, 0.05) is 31.2 Å². The zero-order valence-electron chi connectivity index (χ0n) is 17.7. The second-order valence-electron chi connectivity index (χ2n) is 7.63. The Hall–Kier alpha value is -2.78. The van der Waals surface area contributed by atoms with Crippen molar-refractivity contribution in [1.82, 2.24) is 14.6 Å². The topological polar surface area (TPSA) is 106 Å². The molecule has 1 fully saturated rings. The smallest absolute Gasteiger partial charge is 0.309 e. The van der Waals surface area contributed by atoms with Crippen LogP contribution in [0.1, 0.15) is 25.3 Å². The first-order valence-corrected chi connectivity index (χ1v) is 11.6. The number of ether oxygens (including phenoxy) is 1. The van der Waals surface area contributed by atoms with Crippen LogP contribution < -0.4 is 5.32 Å². The van der Waals surface area contributed by atoms with Crippen molar-refractivity contribution in [2.45, 2.75) is 37.7 Å². The summed E-state index contributed by atoms with van der Waals surface area (Å²) >= 11 is 0. The highest BCUT2D eigenvalue weighted by molar-refractivity contribution is 7.89. The summed E-state index contributed by atoms with van der Waals surface area (Å²) in [5.74, 6) is -1.33. The number of hydrogen-bond acceptors (Lipinski definition) is 6. The molecular formula is C22H27N3O5S. The number of nitrogens with one attached hydrogen (secondary N) is 1. The highest BCUT2D eigenvalue weighted by Gasteiger charge is 2.34. The minimum atomic E-state index is -3.75. The maximum absolute atomic E-state index is 13.2. The number of rotatable bonds is 7. The molecule has 0 radical (unpaired) electrons. The Morgan fingerprint density at radius 2 is 2.06 bits per heavy atom. The van der Waals surface area contributed by atoms with E-state index in [0.29, 0.717) is 24.9 Å². The quantitative estimate of drug-likeness (QED) is 0.517. The van der Waals surface area contributed by atoms with E-state index < -0.39 is 33.9 Å². The summed E-state index contributed by atoms with van der Waals surface area (Å²) in [6.07, 6.45) is 2.93. The van der Waals surface area contributed by atoms with E-state index in [-0.39, 0.29) is 18.0 Å². The lowest BCUT2D eigenvalue weighted by atomic mass is 9.98. The third kappa shape index (κ3) is 5.11. The number of benzene rings is 1. The highest BCUT2D eigenvalue weighted by atomic mass is 32.2. The van der Waals surface area contributed by atoms with Crippen molar-refractivity contribution in [1.29, 1.82) is 0 Å². The van der Waals surface area contributed by atoms with Crippen molar-refractivity contribution >= 4 is 32.8 Å². The number of aromatic nitrogens is 1. The van der Waals surface area contributed by atoms with Crippen LogP contribution in [0.15, 0.2) is 48.0 Å². The van der Waals surface area contributed by atoms with Crippen LogP contribution in [0, 0.1) is 12.8 Å². The van der Waals surface area contributed by atoms with E-state index in [1.807, 2.05) is 19.1 Å². The monoisotopic (exact) mass is 445 g/mol. The summed E-state index contributed by atoms with van der Waals surface area (Å²) in [5, 5.41) is 3.34. The molecule has 1 aliphatic rings. The molecule has 0 bridgehead atoms. The first-order valence-electron chi connectivity index (χ1n) is 10.2. The molecule has 1 aromatic heterocycles. The minimum Gasteiger partial charge on any atom is -0.452 e. The van der Waals surface area contributed by atoms with Gasteiger partial charge in [0.1, 0.15) is 4.90 Å². The number of esters is 1. The van der Waals surface area contributed by atoms with Gasteiger partial charge in [-0.05, 0) is 44.4 Å². The van der Waals surface area contributed by atoms with Gasteiger partial charge < -0.3 is 10.1 Å². The number of amides is 1. The van der Waals surface area contributed by atoms with Crippen molar-refractivity contribution in [3.05, 3.63) is 48.7 Å². The molecule has 0 saturated carbocycles. The second-order valence-corrected chi connectivity index (χ2v) is 9.54. The Bertz CT molecular complexity index is 1090. The van der Waals surface area contributed by atoms with Gasteiger partial charge in [-0.25, -0.2) is 8.42 Å². The van der Waals surface area contributed by atoms with E-state index >= 15 is 0 Å². The fourth-order valence-electron chi connectivity index (χ4n) is 3.56. The van der Waals surface area contributed by atoms with Crippen LogP contribution in [-0.4, -0.2) is 55.3 Å². The molecule has 166 valence electrons. The summed E-state index contributed by atoms with van der Waals surface area (Å²) in [7, 11) is -3.75. The zero-order chi connectivity index (χ0) is 22.6. The van der Waals surface area contributed by atoms with Gasteiger partial charge in [-0.2, -0.15) is 4.31 Å². The fraction of sp³-hybridized carbons (Fsp3) is 0.409. The number of fused-ring (bicyclic) bond motifs is 1. The first-order chi connectivity index (χ1) is 14.7. The van der Waals surface area contributed by atoms with Crippen LogP contribution in [0.4, 0.5) is 0 Å². The number of para-hydroxylation sites is 1. The number of sulfonamides is 1. The Balaban J connectivity index is 1.66. The van der Waals surface area contributed by atoms with Crippen LogP contribution in [0.5, 0.6) is 0 Å². The predicted molar refractivity (Wildman–Crippen MR) is 117 cm³/mol. The van der Waals surface area contributed by atoms with E-state index in [1.54, 1.807) is 18.3 Å². The number of nitrogens with zero attached hydrogens (tertiary/aromatic N) is 2. The molecule has 2 heterocycles. The van der Waals surface area contributed by atoms with Crippen LogP contribution in [0.2, 0.25) is 0 Å². The van der Waals surface area contributed by atoms with Crippen LogP contribution in [0.3, 0.4) is 0 Å². The van der Waals surface area contributed by atoms with Gasteiger partial charge in [0.25, 0.3) is 5.91 Å². The van der Waals surface area contributed by atoms with Gasteiger partial charge in [0.15, 0.2) is 6.10 Å². The summed E-state index contributed by atoms with van der Waals surface area (Å²) in [6.45, 7) is 7.61. The highest BCUT2D eigenvalue weighted by Crippen LogP contribution is 2.28. The summed E-state index contributed by atoms with van der Waals surface area (Å²) in [4.78, 5) is 28.8. The molecule has 1 aliphatic heterocycles. The molecule has 2 aromatic rings. The van der Waals surface area contributed by atoms with Gasteiger partial charge in [0.2, 0.25) is 10.0 Å². The molecule has 0 unspecified atom stereocenters. The molecule has 1 N–H and O–H groups in total. The molecule has 1 atom stereocenters. The number of piperidine rings is 1. The molecule has 1 saturated heterocycles. The average molecular weight is 446 g/mol. The van der Waals surface area contributed by atoms with Gasteiger partial charge in [-0.3, -0.25) is 14.6 Å². The largest absolute Gasteiger partial charge is 0.452 e. The van der Waals surface area contributed by atoms with Gasteiger partial charge in [0.05, 0.1) is 11.4 Å². The maximum Gasteiger partial charge on any atom is 0.309 e. The standard InChI is InChI=1S/C22H27N3O5S/c1-4-10-23-21(26)16(3)30-22(27)17-8-11-25(12-9-17)31(28,29)19-7-5-6-18-13-15(2)14-24-20(18)19/h4-7,13-14,16-17H,1,8-12H2,2-3H3,(H,23,26)/t16-/m1/s1. The predicted octanol–water partition coefficient (Wildman–Crippen LogP) is 2.18. The van der Waals surface area contributed by atoms with Gasteiger partial charge in [-0.1, -0.05) is 18.2 Å². The lowest BCUT2D eigenvalue weighted by Gasteiger charge is -2.30. The molecule has 31 heavy (non-hydrogen) atoms. The Morgan fingerprint density at radius 1 is 1.35 bits per heavy atom. The average Bonchev–Trinajstić information content (AvgIpc) is 2.76. The lowest BCUT2D eigenvalue weighted by Crippen LogP contribution is -2.42. The minimum absolute atomic E-state index is 0.165. The number of carbonyl (C=O) groups is 2. The molecule has 8 nitrogen and oxygen atoms in total. The summed E-state index contributed by atoms with van der Waals surface area (Å²) < 4.78 is 33.1. The number of aryl methyl sites for hydroxylation is 1. The van der Waals surface area contributed by atoms with Crippen LogP contribution >= 0.6 is 0 Å². The molecule has 9 heteroatoms. The van der Waals surface area contributed by atoms with Crippen LogP contribution in [-0.2, 0) is 24.3 Å². The van der Waals surface area contributed by atoms with E-state index in [0.717, 1.165) is 10.9 Å². The molecule has 3 rings (SSSR count). The Labute approximate surface area is 182 Å². The maximum atomic E-state index is 13.2. The molecule has 0 spiro atoms. The molecule has 1 aromatic carbocycles. The number of carbonyl (C=O) groups excluding carboxylic acids is 2. The van der Waals surface area contributed by atoms with Crippen molar-refractivity contribution in [2.75, 3.05) is 19.6 Å². The van der Waals surface area contributed by atoms with Crippen molar-refractivity contribution in [3.63, 3.8) is 0 Å². The third-order valence-corrected chi connectivity index (χ3v) is 7.23. The fourth-order valence-corrected chi connectivity index (χ4v) is 5.20. The normalized spacial score (nSPS) is 16.6. The van der Waals surface area contributed by atoms with Crippen molar-refractivity contribution < 1.29 is 22.7 Å². The molecular weight excluding hydrogens is 418 g/mol. The summed E-state index contributed by atoms with van der Waals surface area (Å²) in [5.41, 5.74) is 1.39. The zero-order valence-corrected chi connectivity index (χ0v) is 18.5. The van der Waals surface area contributed by atoms with Crippen molar-refractivity contribution in [3.8, 4) is 0 Å². The van der Waals surface area contributed by atoms with Crippen LogP contribution in [0.25, 0.3) is 10.9 Å². The Morgan fingerprint density at radius 3 is 2.74 bits per heavy atom. The van der Waals surface area contributed by atoms with Gasteiger partial charge in [-0.15, -0.1) is 6.58 Å². The first kappa shape index (κ1) is 22.9. The summed E-state index contributed by atoms with van der Waals surface area (Å²) in [6, 6.07) is 7.00. The van der Waals surface area contributed by atoms with E-state index in [4.69, 9.17) is 4.74 Å². The number of hydrogen-bond donors (Lipinski definition) is 1. The molecule has 1 amide bonds. The molecule has 0 aliphatic carbocycles. The van der Waals surface area contributed by atoms with E-state index in [9.17, 15) is 18.0 Å². The Kier molecular flexibility index (Phi) is 7.07. The van der Waals surface area contributed by atoms with Crippen molar-refractivity contribution in [2.24, 2.45) is 5.92 Å².